The van der Waals surface area contributed by atoms with E-state index in [-0.39, 0.29) is 23.2 Å². The summed E-state index contributed by atoms with van der Waals surface area (Å²) < 4.78 is 31.1. The number of hydrogen-bond acceptors (Lipinski definition) is 4. The van der Waals surface area contributed by atoms with Gasteiger partial charge in [-0.2, -0.15) is 0 Å². The van der Waals surface area contributed by atoms with Crippen molar-refractivity contribution in [2.75, 3.05) is 37.9 Å². The fourth-order valence-corrected chi connectivity index (χ4v) is 3.93. The Balaban J connectivity index is 1.73. The van der Waals surface area contributed by atoms with Gasteiger partial charge >= 0.3 is 0 Å². The maximum Gasteiger partial charge on any atom is 0.259 e. The molecule has 1 heterocycles. The van der Waals surface area contributed by atoms with Crippen LogP contribution in [0.2, 0.25) is 5.02 Å². The van der Waals surface area contributed by atoms with Crippen LogP contribution >= 0.6 is 11.6 Å². The maximum absolute atomic E-state index is 14.8. The molecule has 0 fully saturated rings. The van der Waals surface area contributed by atoms with Crippen LogP contribution in [-0.4, -0.2) is 38.9 Å². The van der Waals surface area contributed by atoms with Gasteiger partial charge in [-0.3, -0.25) is 9.69 Å². The number of anilines is 1. The SMILES string of the molecule is CC=C1C2=C(CCCC2)C(=O)N1c1cc(OCCOCCOCC)c(Cl)cc1F. The summed E-state index contributed by atoms with van der Waals surface area (Å²) in [7, 11) is 0. The van der Waals surface area contributed by atoms with Gasteiger partial charge in [0, 0.05) is 23.9 Å². The average Bonchev–Trinajstić information content (AvgIpc) is 3.00. The van der Waals surface area contributed by atoms with Crippen molar-refractivity contribution >= 4 is 23.2 Å². The third-order valence-electron chi connectivity index (χ3n) is 5.06. The first-order valence-corrected chi connectivity index (χ1v) is 10.5. The van der Waals surface area contributed by atoms with E-state index in [1.54, 1.807) is 0 Å². The van der Waals surface area contributed by atoms with Crippen LogP contribution in [-0.2, 0) is 14.3 Å². The fraction of sp³-hybridized carbons (Fsp3) is 0.500. The van der Waals surface area contributed by atoms with Crippen LogP contribution in [0.5, 0.6) is 5.75 Å². The first-order chi connectivity index (χ1) is 14.1. The Bertz CT molecular complexity index is 821. The van der Waals surface area contributed by atoms with Gasteiger partial charge < -0.3 is 14.2 Å². The molecule has 1 amide bonds. The van der Waals surface area contributed by atoms with Gasteiger partial charge in [0.25, 0.3) is 5.91 Å². The second kappa shape index (κ2) is 10.2. The Morgan fingerprint density at radius 1 is 1.10 bits per heavy atom. The molecule has 7 heteroatoms. The van der Waals surface area contributed by atoms with E-state index < -0.39 is 5.82 Å². The van der Waals surface area contributed by atoms with Crippen LogP contribution in [0.1, 0.15) is 39.5 Å². The second-order valence-electron chi connectivity index (χ2n) is 6.87. The molecule has 1 aliphatic heterocycles. The predicted octanol–water partition coefficient (Wildman–Crippen LogP) is 5.03. The molecule has 1 aromatic rings. The van der Waals surface area contributed by atoms with Crippen LogP contribution in [0.25, 0.3) is 0 Å². The Hall–Kier alpha value is -1.89. The second-order valence-corrected chi connectivity index (χ2v) is 7.28. The lowest BCUT2D eigenvalue weighted by atomic mass is 9.92. The van der Waals surface area contributed by atoms with Gasteiger partial charge in [0.15, 0.2) is 0 Å². The standard InChI is InChI=1S/C22H27ClFNO4/c1-3-19-15-7-5-6-8-16(15)22(26)25(19)20-14-21(17(23)13-18(20)24)29-12-11-28-10-9-27-4-2/h3,13-14H,4-12H2,1-2H3. The van der Waals surface area contributed by atoms with E-state index in [0.717, 1.165) is 42.5 Å². The molecule has 0 radical (unpaired) electrons. The van der Waals surface area contributed by atoms with Crippen molar-refractivity contribution in [3.63, 3.8) is 0 Å². The largest absolute Gasteiger partial charge is 0.490 e. The number of allylic oxidation sites excluding steroid dienone is 2. The number of carbonyl (C=O) groups excluding carboxylic acids is 1. The highest BCUT2D eigenvalue weighted by Gasteiger charge is 2.37. The summed E-state index contributed by atoms with van der Waals surface area (Å²) in [5, 5.41) is 0.159. The summed E-state index contributed by atoms with van der Waals surface area (Å²) in [6.07, 6.45) is 5.47. The first kappa shape index (κ1) is 21.8. The van der Waals surface area contributed by atoms with E-state index in [9.17, 15) is 9.18 Å². The summed E-state index contributed by atoms with van der Waals surface area (Å²) in [6.45, 7) is 6.06. The number of carbonyl (C=O) groups is 1. The lowest BCUT2D eigenvalue weighted by Crippen LogP contribution is -2.26. The summed E-state index contributed by atoms with van der Waals surface area (Å²) in [6, 6.07) is 2.69. The molecule has 5 nitrogen and oxygen atoms in total. The minimum absolute atomic E-state index is 0.153. The Kier molecular flexibility index (Phi) is 7.70. The molecule has 3 rings (SSSR count). The minimum atomic E-state index is -0.553. The van der Waals surface area contributed by atoms with Gasteiger partial charge in [0.05, 0.1) is 30.5 Å². The third kappa shape index (κ3) is 4.82. The van der Waals surface area contributed by atoms with E-state index in [1.165, 1.54) is 17.0 Å². The van der Waals surface area contributed by atoms with E-state index in [2.05, 4.69) is 0 Å². The summed E-state index contributed by atoms with van der Waals surface area (Å²) >= 11 is 6.16. The Labute approximate surface area is 176 Å². The summed E-state index contributed by atoms with van der Waals surface area (Å²) in [5.74, 6) is -0.383. The van der Waals surface area contributed by atoms with Crippen LogP contribution in [0, 0.1) is 5.82 Å². The van der Waals surface area contributed by atoms with Crippen LogP contribution in [0.3, 0.4) is 0 Å². The zero-order valence-corrected chi connectivity index (χ0v) is 17.7. The van der Waals surface area contributed by atoms with Gasteiger partial charge in [-0.15, -0.1) is 0 Å². The molecule has 158 valence electrons. The quantitative estimate of drug-likeness (QED) is 0.522. The highest BCUT2D eigenvalue weighted by Crippen LogP contribution is 2.43. The van der Waals surface area contributed by atoms with Crippen LogP contribution < -0.4 is 9.64 Å². The molecule has 0 spiro atoms. The molecule has 1 aliphatic carbocycles. The number of rotatable bonds is 9. The highest BCUT2D eigenvalue weighted by atomic mass is 35.5. The molecule has 0 atom stereocenters. The van der Waals surface area contributed by atoms with E-state index in [4.69, 9.17) is 25.8 Å². The van der Waals surface area contributed by atoms with Crippen LogP contribution in [0.4, 0.5) is 10.1 Å². The Morgan fingerprint density at radius 2 is 1.79 bits per heavy atom. The maximum atomic E-state index is 14.8. The van der Waals surface area contributed by atoms with Crippen molar-refractivity contribution < 1.29 is 23.4 Å². The molecule has 0 saturated heterocycles. The van der Waals surface area contributed by atoms with Gasteiger partial charge in [0.2, 0.25) is 0 Å². The smallest absolute Gasteiger partial charge is 0.259 e. The number of halogens is 2. The summed E-state index contributed by atoms with van der Waals surface area (Å²) in [5.41, 5.74) is 2.75. The van der Waals surface area contributed by atoms with Crippen molar-refractivity contribution in [2.24, 2.45) is 0 Å². The fourth-order valence-electron chi connectivity index (χ4n) is 3.72. The van der Waals surface area contributed by atoms with Crippen molar-refractivity contribution in [1.82, 2.24) is 0 Å². The van der Waals surface area contributed by atoms with E-state index in [0.29, 0.717) is 32.2 Å². The number of amides is 1. The molecule has 0 saturated carbocycles. The minimum Gasteiger partial charge on any atom is -0.490 e. The topological polar surface area (TPSA) is 48.0 Å². The van der Waals surface area contributed by atoms with Crippen molar-refractivity contribution in [3.8, 4) is 5.75 Å². The lowest BCUT2D eigenvalue weighted by molar-refractivity contribution is -0.114. The molecule has 0 bridgehead atoms. The molecule has 0 N–H and O–H groups in total. The molecule has 1 aromatic carbocycles. The normalized spacial score (nSPS) is 18.0. The highest BCUT2D eigenvalue weighted by molar-refractivity contribution is 6.32. The van der Waals surface area contributed by atoms with E-state index >= 15 is 0 Å². The van der Waals surface area contributed by atoms with Crippen molar-refractivity contribution in [1.29, 1.82) is 0 Å². The lowest BCUT2D eigenvalue weighted by Gasteiger charge is -2.22. The number of hydrogen-bond donors (Lipinski definition) is 0. The molecule has 0 unspecified atom stereocenters. The predicted molar refractivity (Wildman–Crippen MR) is 111 cm³/mol. The average molecular weight is 424 g/mol. The van der Waals surface area contributed by atoms with E-state index in [1.807, 2.05) is 19.9 Å². The first-order valence-electron chi connectivity index (χ1n) is 10.1. The van der Waals surface area contributed by atoms with Gasteiger partial charge in [-0.1, -0.05) is 17.7 Å². The number of ether oxygens (including phenoxy) is 3. The zero-order chi connectivity index (χ0) is 20.8. The molecular formula is C22H27ClFNO4. The van der Waals surface area contributed by atoms with Crippen molar-refractivity contribution in [2.45, 2.75) is 39.5 Å². The van der Waals surface area contributed by atoms with Crippen molar-refractivity contribution in [3.05, 3.63) is 45.9 Å². The number of benzene rings is 1. The van der Waals surface area contributed by atoms with Gasteiger partial charge in [0.1, 0.15) is 18.2 Å². The van der Waals surface area contributed by atoms with Crippen LogP contribution in [0.15, 0.2) is 35.1 Å². The van der Waals surface area contributed by atoms with Gasteiger partial charge in [-0.05, 0) is 51.2 Å². The molecule has 0 aromatic heterocycles. The number of nitrogens with zero attached hydrogens (tertiary/aromatic N) is 1. The molecule has 29 heavy (non-hydrogen) atoms. The Morgan fingerprint density at radius 3 is 2.52 bits per heavy atom. The molecular weight excluding hydrogens is 397 g/mol. The monoisotopic (exact) mass is 423 g/mol. The third-order valence-corrected chi connectivity index (χ3v) is 5.35. The zero-order valence-electron chi connectivity index (χ0n) is 16.9. The molecule has 2 aliphatic rings. The van der Waals surface area contributed by atoms with Gasteiger partial charge in [-0.25, -0.2) is 4.39 Å². The summed E-state index contributed by atoms with van der Waals surface area (Å²) in [4.78, 5) is 14.4.